The zero-order valence-corrected chi connectivity index (χ0v) is 16.6. The van der Waals surface area contributed by atoms with Crippen LogP contribution in [0.4, 0.5) is 0 Å². The fraction of sp³-hybridized carbons (Fsp3) is 1.00. The van der Waals surface area contributed by atoms with Crippen molar-refractivity contribution >= 4 is 65.9 Å². The van der Waals surface area contributed by atoms with Gasteiger partial charge < -0.3 is 16.0 Å². The van der Waals surface area contributed by atoms with Crippen molar-refractivity contribution in [2.75, 3.05) is 34.5 Å². The first-order chi connectivity index (χ1) is 10.1. The second kappa shape index (κ2) is 16.3. The molecule has 0 aliphatic heterocycles. The van der Waals surface area contributed by atoms with Crippen molar-refractivity contribution in [3.8, 4) is 0 Å². The van der Waals surface area contributed by atoms with Gasteiger partial charge in [-0.05, 0) is 12.8 Å². The predicted molar refractivity (Wildman–Crippen MR) is 104 cm³/mol. The van der Waals surface area contributed by atoms with Gasteiger partial charge in [0.15, 0.2) is 11.1 Å². The quantitative estimate of drug-likeness (QED) is 0.210. The summed E-state index contributed by atoms with van der Waals surface area (Å²) in [6, 6.07) is 0.0959. The van der Waals surface area contributed by atoms with Gasteiger partial charge in [-0.2, -0.15) is 0 Å². The van der Waals surface area contributed by atoms with Gasteiger partial charge in [0, 0.05) is 35.1 Å². The Hall–Kier alpha value is 1.45. The van der Waals surface area contributed by atoms with Crippen molar-refractivity contribution in [2.45, 2.75) is 24.9 Å². The molecule has 127 valence electrons. The van der Waals surface area contributed by atoms with Crippen molar-refractivity contribution in [1.82, 2.24) is 0 Å². The Balaban J connectivity index is 3.25. The van der Waals surface area contributed by atoms with Crippen LogP contribution in [0.15, 0.2) is 0 Å². The van der Waals surface area contributed by atoms with Gasteiger partial charge in [-0.15, -0.1) is 0 Å². The van der Waals surface area contributed by atoms with Crippen LogP contribution in [0.1, 0.15) is 12.8 Å². The molecule has 0 bridgehead atoms. The summed E-state index contributed by atoms with van der Waals surface area (Å²) < 4.78 is 29.4. The summed E-state index contributed by atoms with van der Waals surface area (Å²) in [4.78, 5) is 0. The molecule has 5 nitrogen and oxygen atoms in total. The first-order valence-electron chi connectivity index (χ1n) is 6.38. The minimum atomic E-state index is -1.74. The molecule has 0 fully saturated rings. The minimum absolute atomic E-state index is 0.0162. The molecule has 0 rings (SSSR count). The smallest absolute Gasteiger partial charge is 0.152 e. The van der Waals surface area contributed by atoms with Gasteiger partial charge in [0.25, 0.3) is 0 Å². The summed E-state index contributed by atoms with van der Waals surface area (Å²) in [5.74, 6) is 4.60. The highest BCUT2D eigenvalue weighted by Gasteiger charge is 2.05. The predicted octanol–water partition coefficient (Wildman–Crippen LogP) is 1.62. The molecule has 1 radical (unpaired) electrons. The third kappa shape index (κ3) is 17.6. The minimum Gasteiger partial charge on any atom is -0.327 e. The molecule has 0 saturated carbocycles. The summed E-state index contributed by atoms with van der Waals surface area (Å²) in [7, 11) is 7.05. The maximum Gasteiger partial charge on any atom is 0.152 e. The third-order valence-electron chi connectivity index (χ3n) is 2.22. The van der Waals surface area contributed by atoms with Crippen LogP contribution in [-0.2, 0) is 22.7 Å². The monoisotopic (exact) mass is 411 g/mol. The van der Waals surface area contributed by atoms with E-state index >= 15 is 0 Å². The molecule has 0 spiro atoms. The second-order valence-electron chi connectivity index (χ2n) is 4.16. The first kappa shape index (κ1) is 22.4. The van der Waals surface area contributed by atoms with E-state index in [9.17, 15) is 8.42 Å². The lowest BCUT2D eigenvalue weighted by Crippen LogP contribution is -2.24. The summed E-state index contributed by atoms with van der Waals surface area (Å²) in [5, 5.41) is 0. The Bertz CT molecular complexity index is 288. The molecule has 21 heavy (non-hydrogen) atoms. The van der Waals surface area contributed by atoms with Gasteiger partial charge in [-0.3, -0.25) is 0 Å². The van der Waals surface area contributed by atoms with Crippen molar-refractivity contribution in [2.24, 2.45) is 11.5 Å². The van der Waals surface area contributed by atoms with Gasteiger partial charge >= 0.3 is 0 Å². The summed E-state index contributed by atoms with van der Waals surface area (Å²) in [6.07, 6.45) is 1.36. The van der Waals surface area contributed by atoms with E-state index in [0.717, 1.165) is 29.4 Å². The Labute approximate surface area is 149 Å². The molecule has 0 aromatic heterocycles. The van der Waals surface area contributed by atoms with E-state index in [-0.39, 0.29) is 17.8 Å². The Morgan fingerprint density at radius 2 is 1.43 bits per heavy atom. The molecular weight excluding hydrogens is 389 g/mol. The molecule has 0 aliphatic carbocycles. The van der Waals surface area contributed by atoms with Crippen LogP contribution in [0.25, 0.3) is 0 Å². The molecule has 0 aromatic carbocycles. The zero-order valence-electron chi connectivity index (χ0n) is 11.7. The van der Waals surface area contributed by atoms with Crippen molar-refractivity contribution in [3.05, 3.63) is 0 Å². The molecule has 0 aliphatic rings. The van der Waals surface area contributed by atoms with E-state index in [2.05, 4.69) is 0 Å². The second-order valence-corrected chi connectivity index (χ2v) is 11.1. The van der Waals surface area contributed by atoms with E-state index < -0.39 is 11.1 Å². The lowest BCUT2D eigenvalue weighted by molar-refractivity contribution is 0.557. The molecule has 0 heterocycles. The van der Waals surface area contributed by atoms with Crippen LogP contribution in [0, 0.1) is 0 Å². The van der Waals surface area contributed by atoms with Gasteiger partial charge in [0.2, 0.25) is 0 Å². The lowest BCUT2D eigenvalue weighted by atomic mass is 10.3. The maximum absolute atomic E-state index is 10.5. The Kier molecular flexibility index (Phi) is 17.4. The van der Waals surface area contributed by atoms with Crippen LogP contribution < -0.4 is 11.5 Å². The largest absolute Gasteiger partial charge is 0.327 e. The molecule has 0 saturated heterocycles. The average molecular weight is 412 g/mol. The molecule has 11 heteroatoms. The highest BCUT2D eigenvalue weighted by molar-refractivity contribution is 8.78. The number of hydrogen-bond donors (Lipinski definition) is 3. The van der Waals surface area contributed by atoms with Gasteiger partial charge in [0.1, 0.15) is 0 Å². The van der Waals surface area contributed by atoms with E-state index in [4.69, 9.17) is 16.0 Å². The molecule has 1 unspecified atom stereocenters. The van der Waals surface area contributed by atoms with Gasteiger partial charge in [0.05, 0.1) is 23.2 Å². The number of nitrogens with two attached hydrogens (primary N) is 2. The zero-order chi connectivity index (χ0) is 15.9. The lowest BCUT2D eigenvalue weighted by Gasteiger charge is -2.09. The third-order valence-corrected chi connectivity index (χ3v) is 8.48. The van der Waals surface area contributed by atoms with Crippen LogP contribution in [0.5, 0.6) is 0 Å². The summed E-state index contributed by atoms with van der Waals surface area (Å²) >= 11 is -1.14. The molecule has 0 aromatic rings. The molecule has 3 atom stereocenters. The molecular formula is C10H23N2O3S6. The summed E-state index contributed by atoms with van der Waals surface area (Å²) in [6.45, 7) is 0. The number of rotatable bonds is 15. The standard InChI is InChI=1S/C10H23N2O3S6/c11-9(1-3-16-13)7-19-17-4-5-18-20-8-10(12)2-6-21(14)15/h9-10H,1-8,11-12H2,(H,14,15)/t9-,10-/m0/s1. The van der Waals surface area contributed by atoms with Crippen molar-refractivity contribution in [3.63, 3.8) is 0 Å². The highest BCUT2D eigenvalue weighted by Crippen LogP contribution is 2.27. The first-order valence-corrected chi connectivity index (χ1v) is 13.5. The van der Waals surface area contributed by atoms with Crippen LogP contribution in [-0.4, -0.2) is 59.6 Å². The normalized spacial score (nSPS) is 15.6. The molecule has 5 N–H and O–H groups in total. The Morgan fingerprint density at radius 3 is 1.90 bits per heavy atom. The van der Waals surface area contributed by atoms with Gasteiger partial charge in [-0.25, -0.2) is 8.42 Å². The fourth-order valence-corrected chi connectivity index (χ4v) is 7.19. The van der Waals surface area contributed by atoms with Crippen molar-refractivity contribution in [1.29, 1.82) is 0 Å². The van der Waals surface area contributed by atoms with Crippen LogP contribution in [0.2, 0.25) is 0 Å². The van der Waals surface area contributed by atoms with E-state index in [1.54, 1.807) is 43.2 Å². The topological polar surface area (TPSA) is 106 Å². The van der Waals surface area contributed by atoms with Crippen LogP contribution in [0.3, 0.4) is 0 Å². The highest BCUT2D eigenvalue weighted by atomic mass is 33.1. The SMILES string of the molecule is N[C@@H](CC[S]=O)CSSCCSSC[C@@H](N)CCS(=O)O. The molecule has 0 amide bonds. The van der Waals surface area contributed by atoms with Gasteiger partial charge in [-0.1, -0.05) is 43.2 Å². The Morgan fingerprint density at radius 1 is 0.905 bits per heavy atom. The van der Waals surface area contributed by atoms with E-state index in [1.807, 2.05) is 0 Å². The fourth-order valence-electron chi connectivity index (χ4n) is 1.08. The maximum atomic E-state index is 10.5. The van der Waals surface area contributed by atoms with Crippen molar-refractivity contribution < 1.29 is 13.0 Å². The van der Waals surface area contributed by atoms with E-state index in [0.29, 0.717) is 23.8 Å². The average Bonchev–Trinajstić information content (AvgIpc) is 2.45. The number of hydrogen-bond acceptors (Lipinski definition) is 8. The summed E-state index contributed by atoms with van der Waals surface area (Å²) in [5.41, 5.74) is 11.7. The van der Waals surface area contributed by atoms with Crippen LogP contribution >= 0.6 is 43.2 Å². The van der Waals surface area contributed by atoms with E-state index in [1.165, 1.54) is 0 Å².